The summed E-state index contributed by atoms with van der Waals surface area (Å²) in [5, 5.41) is 5.29. The molecule has 0 fully saturated rings. The van der Waals surface area contributed by atoms with Crippen molar-refractivity contribution in [2.45, 2.75) is 12.6 Å². The van der Waals surface area contributed by atoms with Gasteiger partial charge in [-0.05, 0) is 30.2 Å². The third-order valence-corrected chi connectivity index (χ3v) is 3.36. The highest BCUT2D eigenvalue weighted by Gasteiger charge is 2.30. The molecular formula is C18H19F3N2O2. The van der Waals surface area contributed by atoms with Crippen LogP contribution in [0.25, 0.3) is 0 Å². The monoisotopic (exact) mass is 352 g/mol. The van der Waals surface area contributed by atoms with Gasteiger partial charge in [-0.25, -0.2) is 4.79 Å². The Morgan fingerprint density at radius 2 is 1.68 bits per heavy atom. The molecule has 2 amide bonds. The Bertz CT molecular complexity index is 676. The molecule has 4 nitrogen and oxygen atoms in total. The van der Waals surface area contributed by atoms with Gasteiger partial charge >= 0.3 is 12.2 Å². The second-order valence-electron chi connectivity index (χ2n) is 5.29. The molecule has 0 saturated carbocycles. The molecule has 25 heavy (non-hydrogen) atoms. The summed E-state index contributed by atoms with van der Waals surface area (Å²) in [6, 6.07) is 14.0. The number of urea groups is 1. The molecule has 0 atom stereocenters. The molecule has 0 aliphatic rings. The van der Waals surface area contributed by atoms with E-state index in [0.29, 0.717) is 6.54 Å². The van der Waals surface area contributed by atoms with Crippen LogP contribution in [0.3, 0.4) is 0 Å². The van der Waals surface area contributed by atoms with Crippen molar-refractivity contribution in [1.82, 2.24) is 10.6 Å². The van der Waals surface area contributed by atoms with Crippen LogP contribution in [0.15, 0.2) is 54.6 Å². The second-order valence-corrected chi connectivity index (χ2v) is 5.29. The summed E-state index contributed by atoms with van der Waals surface area (Å²) in [6.45, 7) is 0.755. The Morgan fingerprint density at radius 3 is 2.40 bits per heavy atom. The molecule has 2 N–H and O–H groups in total. The zero-order chi connectivity index (χ0) is 18.1. The van der Waals surface area contributed by atoms with Gasteiger partial charge < -0.3 is 15.4 Å². The molecule has 7 heteroatoms. The largest absolute Gasteiger partial charge is 0.492 e. The van der Waals surface area contributed by atoms with Gasteiger partial charge in [0.05, 0.1) is 12.1 Å². The van der Waals surface area contributed by atoms with Crippen LogP contribution >= 0.6 is 0 Å². The SMILES string of the molecule is O=C(NCCOc1cccc(C(F)(F)F)c1)NCCc1ccccc1. The Kier molecular flexibility index (Phi) is 6.68. The zero-order valence-corrected chi connectivity index (χ0v) is 13.5. The Balaban J connectivity index is 1.63. The van der Waals surface area contributed by atoms with E-state index in [1.54, 1.807) is 0 Å². The quantitative estimate of drug-likeness (QED) is 0.748. The fraction of sp³-hybridized carbons (Fsp3) is 0.278. The number of hydrogen-bond acceptors (Lipinski definition) is 2. The first-order valence-electron chi connectivity index (χ1n) is 7.81. The van der Waals surface area contributed by atoms with Crippen LogP contribution in [-0.4, -0.2) is 25.7 Å². The number of carbonyl (C=O) groups excluding carboxylic acids is 1. The predicted molar refractivity (Wildman–Crippen MR) is 88.5 cm³/mol. The van der Waals surface area contributed by atoms with Crippen molar-refractivity contribution < 1.29 is 22.7 Å². The van der Waals surface area contributed by atoms with E-state index in [9.17, 15) is 18.0 Å². The minimum atomic E-state index is -4.41. The lowest BCUT2D eigenvalue weighted by molar-refractivity contribution is -0.137. The standard InChI is InChI=1S/C18H19F3N2O2/c19-18(20,21)15-7-4-8-16(13-15)25-12-11-23-17(24)22-10-9-14-5-2-1-3-6-14/h1-8,13H,9-12H2,(H2,22,23,24). The lowest BCUT2D eigenvalue weighted by Gasteiger charge is -2.11. The van der Waals surface area contributed by atoms with Gasteiger partial charge in [0.1, 0.15) is 12.4 Å². The van der Waals surface area contributed by atoms with Crippen LogP contribution in [0.1, 0.15) is 11.1 Å². The van der Waals surface area contributed by atoms with Crippen molar-refractivity contribution in [3.05, 3.63) is 65.7 Å². The first kappa shape index (κ1) is 18.6. The zero-order valence-electron chi connectivity index (χ0n) is 13.5. The fourth-order valence-electron chi connectivity index (χ4n) is 2.12. The highest BCUT2D eigenvalue weighted by molar-refractivity contribution is 5.73. The predicted octanol–water partition coefficient (Wildman–Crippen LogP) is 3.63. The van der Waals surface area contributed by atoms with E-state index in [4.69, 9.17) is 4.74 Å². The number of carbonyl (C=O) groups is 1. The summed E-state index contributed by atoms with van der Waals surface area (Å²) >= 11 is 0. The summed E-state index contributed by atoms with van der Waals surface area (Å²) in [5.74, 6) is 0.112. The second kappa shape index (κ2) is 8.96. The van der Waals surface area contributed by atoms with E-state index in [2.05, 4.69) is 10.6 Å². The molecule has 0 aromatic heterocycles. The number of ether oxygens (including phenoxy) is 1. The Morgan fingerprint density at radius 1 is 0.960 bits per heavy atom. The molecule has 2 rings (SSSR count). The Hall–Kier alpha value is -2.70. The third-order valence-electron chi connectivity index (χ3n) is 3.36. The number of nitrogens with one attached hydrogen (secondary N) is 2. The molecule has 0 unspecified atom stereocenters. The third kappa shape index (κ3) is 6.74. The van der Waals surface area contributed by atoms with Crippen molar-refractivity contribution in [2.24, 2.45) is 0 Å². The first-order valence-corrected chi connectivity index (χ1v) is 7.81. The van der Waals surface area contributed by atoms with E-state index in [1.165, 1.54) is 12.1 Å². The summed E-state index contributed by atoms with van der Waals surface area (Å²) < 4.78 is 43.0. The maximum Gasteiger partial charge on any atom is 0.416 e. The maximum atomic E-state index is 12.6. The molecule has 0 aliphatic carbocycles. The highest BCUT2D eigenvalue weighted by Crippen LogP contribution is 2.31. The molecule has 2 aromatic rings. The van der Waals surface area contributed by atoms with Gasteiger partial charge in [-0.2, -0.15) is 13.2 Å². The molecule has 0 bridgehead atoms. The lowest BCUT2D eigenvalue weighted by atomic mass is 10.1. The van der Waals surface area contributed by atoms with E-state index in [0.717, 1.165) is 24.1 Å². The molecule has 2 aromatic carbocycles. The van der Waals surface area contributed by atoms with Crippen LogP contribution < -0.4 is 15.4 Å². The smallest absolute Gasteiger partial charge is 0.416 e. The number of halogens is 3. The van der Waals surface area contributed by atoms with Crippen LogP contribution in [0.4, 0.5) is 18.0 Å². The molecule has 134 valence electrons. The number of benzene rings is 2. The van der Waals surface area contributed by atoms with Crippen LogP contribution in [0.2, 0.25) is 0 Å². The first-order chi connectivity index (χ1) is 11.9. The van der Waals surface area contributed by atoms with Crippen molar-refractivity contribution in [3.63, 3.8) is 0 Å². The van der Waals surface area contributed by atoms with Gasteiger partial charge in [0.25, 0.3) is 0 Å². The molecule has 0 aliphatic heterocycles. The highest BCUT2D eigenvalue weighted by atomic mass is 19.4. The average molecular weight is 352 g/mol. The van der Waals surface area contributed by atoms with Gasteiger partial charge in [0.15, 0.2) is 0 Å². The minimum Gasteiger partial charge on any atom is -0.492 e. The average Bonchev–Trinajstić information content (AvgIpc) is 2.59. The van der Waals surface area contributed by atoms with Crippen molar-refractivity contribution in [1.29, 1.82) is 0 Å². The van der Waals surface area contributed by atoms with E-state index in [1.807, 2.05) is 30.3 Å². The van der Waals surface area contributed by atoms with Gasteiger partial charge in [-0.1, -0.05) is 36.4 Å². The van der Waals surface area contributed by atoms with E-state index >= 15 is 0 Å². The van der Waals surface area contributed by atoms with Crippen molar-refractivity contribution in [2.75, 3.05) is 19.7 Å². The number of hydrogen-bond donors (Lipinski definition) is 2. The number of amides is 2. The van der Waals surface area contributed by atoms with Crippen LogP contribution in [0.5, 0.6) is 5.75 Å². The topological polar surface area (TPSA) is 50.4 Å². The molecule has 0 spiro atoms. The van der Waals surface area contributed by atoms with Crippen LogP contribution in [0, 0.1) is 0 Å². The molecular weight excluding hydrogens is 333 g/mol. The molecule has 0 saturated heterocycles. The number of alkyl halides is 3. The van der Waals surface area contributed by atoms with Gasteiger partial charge in [-0.3, -0.25) is 0 Å². The summed E-state index contributed by atoms with van der Waals surface area (Å²) in [6.07, 6.45) is -3.69. The number of rotatable bonds is 7. The normalized spacial score (nSPS) is 11.0. The van der Waals surface area contributed by atoms with Crippen LogP contribution in [-0.2, 0) is 12.6 Å². The molecule has 0 heterocycles. The summed E-state index contributed by atoms with van der Waals surface area (Å²) in [7, 11) is 0. The van der Waals surface area contributed by atoms with Crippen molar-refractivity contribution in [3.8, 4) is 5.75 Å². The molecule has 0 radical (unpaired) electrons. The minimum absolute atomic E-state index is 0.0768. The van der Waals surface area contributed by atoms with E-state index in [-0.39, 0.29) is 24.9 Å². The summed E-state index contributed by atoms with van der Waals surface area (Å²) in [5.41, 5.74) is 0.354. The summed E-state index contributed by atoms with van der Waals surface area (Å²) in [4.78, 5) is 11.6. The lowest BCUT2D eigenvalue weighted by Crippen LogP contribution is -2.38. The maximum absolute atomic E-state index is 12.6. The van der Waals surface area contributed by atoms with Gasteiger partial charge in [0.2, 0.25) is 0 Å². The van der Waals surface area contributed by atoms with E-state index < -0.39 is 11.7 Å². The fourth-order valence-corrected chi connectivity index (χ4v) is 2.12. The Labute approximate surface area is 144 Å². The van der Waals surface area contributed by atoms with Crippen molar-refractivity contribution >= 4 is 6.03 Å². The van der Waals surface area contributed by atoms with Gasteiger partial charge in [0, 0.05) is 6.54 Å². The van der Waals surface area contributed by atoms with Gasteiger partial charge in [-0.15, -0.1) is 0 Å².